The van der Waals surface area contributed by atoms with E-state index in [9.17, 15) is 5.11 Å². The molecule has 2 saturated carbocycles. The molecule has 7 heteroatoms. The maximum Gasteiger partial charge on any atom is 0.159 e. The summed E-state index contributed by atoms with van der Waals surface area (Å²) in [7, 11) is 1.67. The molecule has 2 aliphatic carbocycles. The maximum atomic E-state index is 10.7. The molecule has 1 spiro atoms. The maximum absolute atomic E-state index is 10.7. The molecule has 1 unspecified atom stereocenters. The highest BCUT2D eigenvalue weighted by Gasteiger charge is 2.71. The van der Waals surface area contributed by atoms with Crippen LogP contribution in [0.1, 0.15) is 52.0 Å². The van der Waals surface area contributed by atoms with Gasteiger partial charge < -0.3 is 14.7 Å². The van der Waals surface area contributed by atoms with Crippen LogP contribution in [0, 0.1) is 5.41 Å². The highest BCUT2D eigenvalue weighted by atomic mass is 16.5. The number of methoxy groups -OCH3 is 1. The molecule has 6 rings (SSSR count). The van der Waals surface area contributed by atoms with E-state index < -0.39 is 11.2 Å². The van der Waals surface area contributed by atoms with Crippen LogP contribution in [-0.4, -0.2) is 56.3 Å². The van der Waals surface area contributed by atoms with Gasteiger partial charge in [0.15, 0.2) is 5.82 Å². The highest BCUT2D eigenvalue weighted by Crippen LogP contribution is 2.78. The van der Waals surface area contributed by atoms with Gasteiger partial charge in [-0.15, -0.1) is 0 Å². The molecular formula is C25H31N5O2. The summed E-state index contributed by atoms with van der Waals surface area (Å²) in [5.41, 5.74) is 1.80. The lowest BCUT2D eigenvalue weighted by Gasteiger charge is -2.39. The third-order valence-corrected chi connectivity index (χ3v) is 8.72. The van der Waals surface area contributed by atoms with E-state index in [4.69, 9.17) is 4.74 Å². The number of anilines is 1. The minimum absolute atomic E-state index is 0.309. The minimum Gasteiger partial charge on any atom is -0.387 e. The van der Waals surface area contributed by atoms with Crippen LogP contribution < -0.4 is 4.90 Å². The number of ether oxygens (including phenoxy) is 1. The molecule has 3 heterocycles. The lowest BCUT2D eigenvalue weighted by molar-refractivity contribution is -0.138. The normalized spacial score (nSPS) is 28.6. The molecule has 2 aromatic heterocycles. The largest absolute Gasteiger partial charge is 0.387 e. The fraction of sp³-hybridized carbons (Fsp3) is 0.560. The number of hydrogen-bond donors (Lipinski definition) is 1. The van der Waals surface area contributed by atoms with E-state index in [1.165, 1.54) is 24.8 Å². The van der Waals surface area contributed by atoms with E-state index in [1.807, 2.05) is 30.8 Å². The Balaban J connectivity index is 1.34. The lowest BCUT2D eigenvalue weighted by Crippen LogP contribution is -2.53. The van der Waals surface area contributed by atoms with Crippen LogP contribution in [0.15, 0.2) is 36.8 Å². The average Bonchev–Trinajstić information content (AvgIpc) is 3.50. The van der Waals surface area contributed by atoms with Crippen molar-refractivity contribution in [1.82, 2.24) is 19.7 Å². The van der Waals surface area contributed by atoms with E-state index in [-0.39, 0.29) is 0 Å². The van der Waals surface area contributed by atoms with Gasteiger partial charge in [-0.3, -0.25) is 0 Å². The second-order valence-corrected chi connectivity index (χ2v) is 10.8. The zero-order valence-corrected chi connectivity index (χ0v) is 19.3. The Morgan fingerprint density at radius 1 is 1.09 bits per heavy atom. The Bertz CT molecular complexity index is 1210. The smallest absolute Gasteiger partial charge is 0.159 e. The molecule has 2 atom stereocenters. The van der Waals surface area contributed by atoms with Crippen molar-refractivity contribution in [3.63, 3.8) is 0 Å². The number of nitrogens with zero attached hydrogens (tertiary/aromatic N) is 5. The van der Waals surface area contributed by atoms with E-state index in [2.05, 4.69) is 45.1 Å². The quantitative estimate of drug-likeness (QED) is 0.662. The molecule has 1 aromatic carbocycles. The Hall–Kier alpha value is -2.51. The molecule has 0 radical (unpaired) electrons. The molecule has 1 saturated heterocycles. The zero-order chi connectivity index (χ0) is 22.4. The molecule has 32 heavy (non-hydrogen) atoms. The summed E-state index contributed by atoms with van der Waals surface area (Å²) in [6.45, 7) is 7.37. The van der Waals surface area contributed by atoms with E-state index in [1.54, 1.807) is 13.4 Å². The number of rotatable bonds is 5. The summed E-state index contributed by atoms with van der Waals surface area (Å²) in [5, 5.41) is 16.5. The molecule has 3 fully saturated rings. The van der Waals surface area contributed by atoms with Crippen molar-refractivity contribution < 1.29 is 9.84 Å². The Morgan fingerprint density at radius 2 is 1.88 bits per heavy atom. The Labute approximate surface area is 188 Å². The molecule has 3 aromatic rings. The molecular weight excluding hydrogens is 402 g/mol. The average molecular weight is 434 g/mol. The second-order valence-electron chi connectivity index (χ2n) is 10.8. The number of aromatic nitrogens is 4. The van der Waals surface area contributed by atoms with Crippen LogP contribution in [0.2, 0.25) is 0 Å². The number of benzene rings is 1. The van der Waals surface area contributed by atoms with Crippen LogP contribution in [0.5, 0.6) is 0 Å². The van der Waals surface area contributed by atoms with Crippen molar-refractivity contribution in [2.45, 2.75) is 63.1 Å². The lowest BCUT2D eigenvalue weighted by atomic mass is 9.85. The fourth-order valence-corrected chi connectivity index (χ4v) is 5.98. The number of aliphatic hydroxyl groups is 1. The minimum atomic E-state index is -0.946. The van der Waals surface area contributed by atoms with E-state index in [0.29, 0.717) is 17.4 Å². The zero-order valence-electron chi connectivity index (χ0n) is 19.3. The van der Waals surface area contributed by atoms with Crippen LogP contribution in [0.3, 0.4) is 0 Å². The van der Waals surface area contributed by atoms with Crippen LogP contribution in [0.25, 0.3) is 16.7 Å². The SMILES string of the molecule is COC1(C(C)(C)O)CCN(c2cc(-n3ncc4ccc([C@]5(C)CC56CC6)cc43)ncn2)C1. The Kier molecular flexibility index (Phi) is 3.96. The predicted octanol–water partition coefficient (Wildman–Crippen LogP) is 3.62. The van der Waals surface area contributed by atoms with Gasteiger partial charge in [-0.25, -0.2) is 14.6 Å². The van der Waals surface area contributed by atoms with Crippen molar-refractivity contribution in [2.24, 2.45) is 5.41 Å². The Morgan fingerprint density at radius 3 is 2.53 bits per heavy atom. The summed E-state index contributed by atoms with van der Waals surface area (Å²) in [6.07, 6.45) is 8.26. The van der Waals surface area contributed by atoms with Crippen molar-refractivity contribution in [1.29, 1.82) is 0 Å². The standard InChI is InChI=1S/C25H31N5O2/c1-22(2,31)25(32-4)9-10-29(15-25)20-12-21(27-16-26-20)30-19-11-18(6-5-17(19)13-28-30)23(3)14-24(23)7-8-24/h5-6,11-13,16,31H,7-10,14-15H2,1-4H3/t23-,25?/m0/s1. The highest BCUT2D eigenvalue weighted by molar-refractivity contribution is 5.81. The van der Waals surface area contributed by atoms with Crippen LogP contribution >= 0.6 is 0 Å². The summed E-state index contributed by atoms with van der Waals surface area (Å²) in [5.74, 6) is 1.58. The first-order chi connectivity index (χ1) is 15.2. The molecule has 1 N–H and O–H groups in total. The summed E-state index contributed by atoms with van der Waals surface area (Å²) >= 11 is 0. The summed E-state index contributed by atoms with van der Waals surface area (Å²) < 4.78 is 7.72. The fourth-order valence-electron chi connectivity index (χ4n) is 5.98. The first-order valence-electron chi connectivity index (χ1n) is 11.5. The molecule has 168 valence electrons. The number of fused-ring (bicyclic) bond motifs is 1. The molecule has 7 nitrogen and oxygen atoms in total. The molecule has 3 aliphatic rings. The van der Waals surface area contributed by atoms with Crippen molar-refractivity contribution in [2.75, 3.05) is 25.1 Å². The third kappa shape index (κ3) is 2.70. The third-order valence-electron chi connectivity index (χ3n) is 8.72. The first kappa shape index (κ1) is 20.1. The van der Waals surface area contributed by atoms with Crippen LogP contribution in [-0.2, 0) is 10.2 Å². The summed E-state index contributed by atoms with van der Waals surface area (Å²) in [6, 6.07) is 8.75. The number of hydrogen-bond acceptors (Lipinski definition) is 6. The van der Waals surface area contributed by atoms with Gasteiger partial charge in [0.05, 0.1) is 23.9 Å². The van der Waals surface area contributed by atoms with Gasteiger partial charge in [0.1, 0.15) is 17.7 Å². The van der Waals surface area contributed by atoms with Gasteiger partial charge in [-0.2, -0.15) is 5.10 Å². The van der Waals surface area contributed by atoms with Crippen LogP contribution in [0.4, 0.5) is 5.82 Å². The molecule has 0 bridgehead atoms. The first-order valence-corrected chi connectivity index (χ1v) is 11.5. The predicted molar refractivity (Wildman–Crippen MR) is 123 cm³/mol. The van der Waals surface area contributed by atoms with Crippen molar-refractivity contribution >= 4 is 16.7 Å². The van der Waals surface area contributed by atoms with Gasteiger partial charge in [0, 0.05) is 25.1 Å². The molecule has 1 aliphatic heterocycles. The molecule has 0 amide bonds. The summed E-state index contributed by atoms with van der Waals surface area (Å²) in [4.78, 5) is 11.2. The van der Waals surface area contributed by atoms with E-state index in [0.717, 1.165) is 35.5 Å². The van der Waals surface area contributed by atoms with E-state index >= 15 is 0 Å². The second kappa shape index (κ2) is 6.29. The monoisotopic (exact) mass is 433 g/mol. The van der Waals surface area contributed by atoms with Gasteiger partial charge in [-0.1, -0.05) is 19.1 Å². The van der Waals surface area contributed by atoms with Gasteiger partial charge in [0.25, 0.3) is 0 Å². The van der Waals surface area contributed by atoms with Gasteiger partial charge in [0.2, 0.25) is 0 Å². The van der Waals surface area contributed by atoms with Gasteiger partial charge in [-0.05, 0) is 62.0 Å². The van der Waals surface area contributed by atoms with Crippen molar-refractivity contribution in [3.05, 3.63) is 42.4 Å². The van der Waals surface area contributed by atoms with Crippen molar-refractivity contribution in [3.8, 4) is 5.82 Å². The topological polar surface area (TPSA) is 76.3 Å². The van der Waals surface area contributed by atoms with Gasteiger partial charge >= 0.3 is 0 Å².